The van der Waals surface area contributed by atoms with E-state index in [1.54, 1.807) is 0 Å². The summed E-state index contributed by atoms with van der Waals surface area (Å²) < 4.78 is 65.0. The lowest BCUT2D eigenvalue weighted by molar-refractivity contribution is -0.139. The molecule has 2 N–H and O–H groups in total. The van der Waals surface area contributed by atoms with Crippen LogP contribution in [0.1, 0.15) is 26.3 Å². The van der Waals surface area contributed by atoms with Crippen LogP contribution in [0.3, 0.4) is 0 Å². The van der Waals surface area contributed by atoms with E-state index in [1.807, 2.05) is 18.6 Å². The summed E-state index contributed by atoms with van der Waals surface area (Å²) in [6.45, 7) is 5.32. The minimum absolute atomic E-state index is 0.161. The Hall–Kier alpha value is -1.61. The van der Waals surface area contributed by atoms with Gasteiger partial charge in [-0.1, -0.05) is 26.0 Å². The van der Waals surface area contributed by atoms with Crippen molar-refractivity contribution in [2.75, 3.05) is 6.54 Å². The maximum Gasteiger partial charge on any atom is 0.417 e. The summed E-state index contributed by atoms with van der Waals surface area (Å²) in [6, 6.07) is 2.62. The topological polar surface area (TPSA) is 75.3 Å². The highest BCUT2D eigenvalue weighted by Gasteiger charge is 2.37. The second-order valence-electron chi connectivity index (χ2n) is 5.48. The zero-order valence-corrected chi connectivity index (χ0v) is 13.8. The zero-order valence-electron chi connectivity index (χ0n) is 12.9. The molecule has 130 valence electrons. The molecule has 5 nitrogen and oxygen atoms in total. The zero-order chi connectivity index (χ0) is 17.8. The molecule has 0 aliphatic rings. The van der Waals surface area contributed by atoms with Crippen LogP contribution < -0.4 is 10.0 Å². The average molecular weight is 352 g/mol. The maximum atomic E-state index is 12.9. The molecule has 0 unspecified atom stereocenters. The lowest BCUT2D eigenvalue weighted by Crippen LogP contribution is -2.45. The first kappa shape index (κ1) is 19.4. The van der Waals surface area contributed by atoms with E-state index in [0.29, 0.717) is 12.6 Å². The van der Waals surface area contributed by atoms with Gasteiger partial charge in [0.25, 0.3) is 0 Å². The molecule has 0 radical (unpaired) electrons. The van der Waals surface area contributed by atoms with Gasteiger partial charge in [-0.2, -0.15) is 17.9 Å². The molecule has 1 aromatic rings. The van der Waals surface area contributed by atoms with Crippen LogP contribution in [0, 0.1) is 5.92 Å². The van der Waals surface area contributed by atoms with E-state index in [-0.39, 0.29) is 5.92 Å². The number of halogens is 3. The second-order valence-corrected chi connectivity index (χ2v) is 7.16. The highest BCUT2D eigenvalue weighted by atomic mass is 32.2. The third-order valence-corrected chi connectivity index (χ3v) is 4.49. The molecule has 0 spiro atoms. The predicted molar refractivity (Wildman–Crippen MR) is 79.1 cm³/mol. The smallest absolute Gasteiger partial charge is 0.354 e. The molecule has 0 heterocycles. The van der Waals surface area contributed by atoms with Crippen molar-refractivity contribution in [1.29, 1.82) is 0 Å². The number of benzene rings is 1. The Morgan fingerprint density at radius 2 is 1.74 bits per heavy atom. The number of sulfonamides is 1. The van der Waals surface area contributed by atoms with Crippen molar-refractivity contribution in [1.82, 2.24) is 10.0 Å². The molecule has 1 atom stereocenters. The highest BCUT2D eigenvalue weighted by molar-refractivity contribution is 7.89. The number of amides is 1. The highest BCUT2D eigenvalue weighted by Crippen LogP contribution is 2.33. The molecule has 0 aliphatic heterocycles. The number of nitrogens with one attached hydrogen (secondary N) is 2. The van der Waals surface area contributed by atoms with Crippen LogP contribution in [0.15, 0.2) is 29.2 Å². The van der Waals surface area contributed by atoms with E-state index < -0.39 is 38.6 Å². The Labute approximate surface area is 133 Å². The van der Waals surface area contributed by atoms with Gasteiger partial charge in [0, 0.05) is 6.54 Å². The van der Waals surface area contributed by atoms with Gasteiger partial charge in [0.2, 0.25) is 15.9 Å². The van der Waals surface area contributed by atoms with Crippen LogP contribution in [-0.4, -0.2) is 26.9 Å². The number of hydrogen-bond donors (Lipinski definition) is 2. The van der Waals surface area contributed by atoms with E-state index in [4.69, 9.17) is 0 Å². The summed E-state index contributed by atoms with van der Waals surface area (Å²) in [4.78, 5) is 10.9. The lowest BCUT2D eigenvalue weighted by Gasteiger charge is -2.17. The number of hydrogen-bond acceptors (Lipinski definition) is 3. The van der Waals surface area contributed by atoms with Crippen LogP contribution in [0.5, 0.6) is 0 Å². The Morgan fingerprint density at radius 1 is 1.17 bits per heavy atom. The first-order chi connectivity index (χ1) is 10.4. The molecule has 0 saturated heterocycles. The number of alkyl halides is 3. The van der Waals surface area contributed by atoms with Gasteiger partial charge in [-0.25, -0.2) is 8.42 Å². The summed E-state index contributed by atoms with van der Waals surface area (Å²) in [5, 5.41) is 2.51. The summed E-state index contributed by atoms with van der Waals surface area (Å²) >= 11 is 0. The van der Waals surface area contributed by atoms with Gasteiger partial charge < -0.3 is 5.32 Å². The van der Waals surface area contributed by atoms with Crippen LogP contribution >= 0.6 is 0 Å². The molecule has 23 heavy (non-hydrogen) atoms. The summed E-state index contributed by atoms with van der Waals surface area (Å²) in [5.74, 6) is -0.444. The monoisotopic (exact) mass is 352 g/mol. The molecule has 0 aliphatic carbocycles. The van der Waals surface area contributed by atoms with Crippen molar-refractivity contribution in [3.8, 4) is 0 Å². The molecule has 1 rings (SSSR count). The van der Waals surface area contributed by atoms with Crippen LogP contribution in [0.25, 0.3) is 0 Å². The van der Waals surface area contributed by atoms with Gasteiger partial charge in [-0.05, 0) is 25.0 Å². The SMILES string of the molecule is CC(C)CNC(=O)[C@@H](C)NS(=O)(=O)c1ccccc1C(F)(F)F. The molecule has 0 saturated carbocycles. The fraction of sp³-hybridized carbons (Fsp3) is 0.500. The third-order valence-electron chi connectivity index (χ3n) is 2.89. The minimum atomic E-state index is -4.81. The third kappa shape index (κ3) is 5.51. The van der Waals surface area contributed by atoms with Gasteiger partial charge in [0.05, 0.1) is 16.5 Å². The van der Waals surface area contributed by atoms with Gasteiger partial charge in [0.15, 0.2) is 0 Å². The largest absolute Gasteiger partial charge is 0.417 e. The van der Waals surface area contributed by atoms with Gasteiger partial charge >= 0.3 is 6.18 Å². The molecular weight excluding hydrogens is 333 g/mol. The first-order valence-corrected chi connectivity index (χ1v) is 8.39. The normalized spacial score (nSPS) is 13.9. The Morgan fingerprint density at radius 3 is 2.26 bits per heavy atom. The molecule has 9 heteroatoms. The molecule has 1 amide bonds. The average Bonchev–Trinajstić information content (AvgIpc) is 2.43. The second kappa shape index (κ2) is 7.31. The van der Waals surface area contributed by atoms with Crippen molar-refractivity contribution in [2.45, 2.75) is 37.9 Å². The summed E-state index contributed by atoms with van der Waals surface area (Å²) in [5.41, 5.74) is -1.28. The van der Waals surface area contributed by atoms with Crippen LogP contribution in [0.4, 0.5) is 13.2 Å². The summed E-state index contributed by atoms with van der Waals surface area (Å²) in [6.07, 6.45) is -4.81. The molecular formula is C14H19F3N2O3S. The van der Waals surface area contributed by atoms with Crippen molar-refractivity contribution >= 4 is 15.9 Å². The van der Waals surface area contributed by atoms with Crippen LogP contribution in [-0.2, 0) is 21.0 Å². The predicted octanol–water partition coefficient (Wildman–Crippen LogP) is 2.14. The molecule has 1 aromatic carbocycles. The number of rotatable bonds is 6. The van der Waals surface area contributed by atoms with E-state index in [1.165, 1.54) is 13.0 Å². The van der Waals surface area contributed by atoms with Gasteiger partial charge in [-0.3, -0.25) is 4.79 Å². The Kier molecular flexibility index (Phi) is 6.18. The van der Waals surface area contributed by atoms with Crippen molar-refractivity contribution < 1.29 is 26.4 Å². The van der Waals surface area contributed by atoms with Gasteiger partial charge in [-0.15, -0.1) is 0 Å². The number of carbonyl (C=O) groups excluding carboxylic acids is 1. The standard InChI is InChI=1S/C14H19F3N2O3S/c1-9(2)8-18-13(20)10(3)19-23(21,22)12-7-5-4-6-11(12)14(15,16)17/h4-7,9-10,19H,8H2,1-3H3,(H,18,20)/t10-/m1/s1. The number of carbonyl (C=O) groups is 1. The van der Waals surface area contributed by atoms with E-state index >= 15 is 0 Å². The van der Waals surface area contributed by atoms with E-state index in [2.05, 4.69) is 5.32 Å². The molecule has 0 aromatic heterocycles. The molecule has 0 bridgehead atoms. The molecule has 0 fully saturated rings. The fourth-order valence-corrected chi connectivity index (χ4v) is 3.17. The van der Waals surface area contributed by atoms with Crippen molar-refractivity contribution in [3.05, 3.63) is 29.8 Å². The lowest BCUT2D eigenvalue weighted by atomic mass is 10.2. The fourth-order valence-electron chi connectivity index (χ4n) is 1.74. The summed E-state index contributed by atoms with van der Waals surface area (Å²) in [7, 11) is -4.49. The van der Waals surface area contributed by atoms with Crippen molar-refractivity contribution in [3.63, 3.8) is 0 Å². The maximum absolute atomic E-state index is 12.9. The van der Waals surface area contributed by atoms with Crippen LogP contribution in [0.2, 0.25) is 0 Å². The van der Waals surface area contributed by atoms with E-state index in [9.17, 15) is 26.4 Å². The first-order valence-electron chi connectivity index (χ1n) is 6.91. The Balaban J connectivity index is 2.99. The van der Waals surface area contributed by atoms with Crippen molar-refractivity contribution in [2.24, 2.45) is 5.92 Å². The minimum Gasteiger partial charge on any atom is -0.354 e. The quantitative estimate of drug-likeness (QED) is 0.824. The Bertz CT molecular complexity index is 657. The van der Waals surface area contributed by atoms with Gasteiger partial charge in [0.1, 0.15) is 0 Å². The van der Waals surface area contributed by atoms with E-state index in [0.717, 1.165) is 12.1 Å².